The highest BCUT2D eigenvalue weighted by Gasteiger charge is 2.27. The highest BCUT2D eigenvalue weighted by molar-refractivity contribution is 6.36. The van der Waals surface area contributed by atoms with E-state index < -0.39 is 0 Å². The van der Waals surface area contributed by atoms with E-state index in [1.54, 1.807) is 12.1 Å². The average Bonchev–Trinajstić information content (AvgIpc) is 2.37. The summed E-state index contributed by atoms with van der Waals surface area (Å²) in [7, 11) is 1.51. The second-order valence-corrected chi connectivity index (χ2v) is 5.66. The molecule has 104 valence electrons. The zero-order valence-electron chi connectivity index (χ0n) is 11.1. The fraction of sp³-hybridized carbons (Fsp3) is 0.500. The van der Waals surface area contributed by atoms with Gasteiger partial charge in [-0.05, 0) is 38.3 Å². The standard InChI is InChI=1S/C14H17Cl2NO2/c1-9-5-3-4-6-17(9)14(18)11-7-10(15)8-12(16)13(11)19-2/h7-9H,3-6H2,1-2H3. The number of halogens is 2. The maximum atomic E-state index is 12.6. The summed E-state index contributed by atoms with van der Waals surface area (Å²) in [6.07, 6.45) is 3.23. The predicted octanol–water partition coefficient (Wildman–Crippen LogP) is 4.02. The number of ether oxygens (including phenoxy) is 1. The SMILES string of the molecule is COc1c(Cl)cc(Cl)cc1C(=O)N1CCCCC1C. The number of carbonyl (C=O) groups is 1. The molecule has 5 heteroatoms. The van der Waals surface area contributed by atoms with Gasteiger partial charge < -0.3 is 9.64 Å². The maximum Gasteiger partial charge on any atom is 0.257 e. The normalized spacial score (nSPS) is 19.4. The van der Waals surface area contributed by atoms with Crippen LogP contribution in [0.3, 0.4) is 0 Å². The van der Waals surface area contributed by atoms with Gasteiger partial charge in [0.25, 0.3) is 5.91 Å². The molecule has 1 heterocycles. The number of nitrogens with zero attached hydrogens (tertiary/aromatic N) is 1. The Hall–Kier alpha value is -0.930. The van der Waals surface area contributed by atoms with Crippen LogP contribution < -0.4 is 4.74 Å². The van der Waals surface area contributed by atoms with Crippen molar-refractivity contribution < 1.29 is 9.53 Å². The van der Waals surface area contributed by atoms with Crippen LogP contribution >= 0.6 is 23.2 Å². The first-order valence-corrected chi connectivity index (χ1v) is 7.14. The van der Waals surface area contributed by atoms with Crippen molar-refractivity contribution in [3.63, 3.8) is 0 Å². The van der Waals surface area contributed by atoms with Crippen LogP contribution in [-0.2, 0) is 0 Å². The number of methoxy groups -OCH3 is 1. The molecule has 19 heavy (non-hydrogen) atoms. The van der Waals surface area contributed by atoms with Gasteiger partial charge in [0.1, 0.15) is 5.75 Å². The predicted molar refractivity (Wildman–Crippen MR) is 77.4 cm³/mol. The molecule has 0 radical (unpaired) electrons. The molecule has 1 aliphatic rings. The third-order valence-electron chi connectivity index (χ3n) is 3.51. The lowest BCUT2D eigenvalue weighted by Gasteiger charge is -2.33. The first-order chi connectivity index (χ1) is 9.04. The van der Waals surface area contributed by atoms with Crippen molar-refractivity contribution in [3.05, 3.63) is 27.7 Å². The molecule has 0 N–H and O–H groups in total. The van der Waals surface area contributed by atoms with Gasteiger partial charge >= 0.3 is 0 Å². The fourth-order valence-corrected chi connectivity index (χ4v) is 3.05. The quantitative estimate of drug-likeness (QED) is 0.826. The summed E-state index contributed by atoms with van der Waals surface area (Å²) in [5.74, 6) is 0.335. The molecule has 1 aliphatic heterocycles. The molecule has 1 aromatic carbocycles. The Labute approximate surface area is 123 Å². The zero-order valence-corrected chi connectivity index (χ0v) is 12.6. The topological polar surface area (TPSA) is 29.5 Å². The van der Waals surface area contributed by atoms with Crippen molar-refractivity contribution in [3.8, 4) is 5.75 Å². The average molecular weight is 302 g/mol. The summed E-state index contributed by atoms with van der Waals surface area (Å²) in [5, 5.41) is 0.807. The minimum atomic E-state index is -0.0616. The molecular formula is C14H17Cl2NO2. The van der Waals surface area contributed by atoms with Crippen LogP contribution in [0.2, 0.25) is 10.0 Å². The molecule has 1 aromatic rings. The molecule has 3 nitrogen and oxygen atoms in total. The summed E-state index contributed by atoms with van der Waals surface area (Å²) >= 11 is 12.1. The van der Waals surface area contributed by atoms with E-state index in [4.69, 9.17) is 27.9 Å². The summed E-state index contributed by atoms with van der Waals surface area (Å²) < 4.78 is 5.24. The second kappa shape index (κ2) is 6.02. The number of piperidine rings is 1. The van der Waals surface area contributed by atoms with Crippen LogP contribution in [0, 0.1) is 0 Å². The molecule has 0 aromatic heterocycles. The smallest absolute Gasteiger partial charge is 0.257 e. The Morgan fingerprint density at radius 3 is 2.74 bits per heavy atom. The van der Waals surface area contributed by atoms with Gasteiger partial charge in [0.05, 0.1) is 17.7 Å². The number of benzene rings is 1. The molecule has 0 spiro atoms. The highest BCUT2D eigenvalue weighted by Crippen LogP contribution is 2.34. The van der Waals surface area contributed by atoms with E-state index in [-0.39, 0.29) is 11.9 Å². The number of rotatable bonds is 2. The molecule has 1 fully saturated rings. The second-order valence-electron chi connectivity index (χ2n) is 4.81. The summed E-state index contributed by atoms with van der Waals surface area (Å²) in [6.45, 7) is 2.84. The molecule has 2 rings (SSSR count). The Balaban J connectivity index is 2.37. The van der Waals surface area contributed by atoms with Crippen LogP contribution in [0.5, 0.6) is 5.75 Å². The maximum absolute atomic E-state index is 12.6. The van der Waals surface area contributed by atoms with Crippen molar-refractivity contribution in [2.75, 3.05) is 13.7 Å². The Morgan fingerprint density at radius 2 is 2.11 bits per heavy atom. The molecule has 1 saturated heterocycles. The van der Waals surface area contributed by atoms with Crippen LogP contribution in [0.4, 0.5) is 0 Å². The van der Waals surface area contributed by atoms with Gasteiger partial charge in [-0.1, -0.05) is 23.2 Å². The van der Waals surface area contributed by atoms with Gasteiger partial charge in [-0.25, -0.2) is 0 Å². The van der Waals surface area contributed by atoms with E-state index in [1.807, 2.05) is 4.90 Å². The Bertz CT molecular complexity index is 491. The van der Waals surface area contributed by atoms with Crippen LogP contribution in [0.25, 0.3) is 0 Å². The van der Waals surface area contributed by atoms with Crippen molar-refractivity contribution in [2.45, 2.75) is 32.2 Å². The van der Waals surface area contributed by atoms with Crippen LogP contribution in [-0.4, -0.2) is 30.5 Å². The van der Waals surface area contributed by atoms with E-state index in [1.165, 1.54) is 13.5 Å². The Kier molecular flexibility index (Phi) is 4.58. The van der Waals surface area contributed by atoms with Gasteiger partial charge in [0.15, 0.2) is 0 Å². The molecular weight excluding hydrogens is 285 g/mol. The van der Waals surface area contributed by atoms with Crippen molar-refractivity contribution in [1.29, 1.82) is 0 Å². The van der Waals surface area contributed by atoms with E-state index in [9.17, 15) is 4.79 Å². The largest absolute Gasteiger partial charge is 0.494 e. The summed E-state index contributed by atoms with van der Waals surface area (Å²) in [6, 6.07) is 3.44. The number of likely N-dealkylation sites (tertiary alicyclic amines) is 1. The fourth-order valence-electron chi connectivity index (χ4n) is 2.48. The lowest BCUT2D eigenvalue weighted by atomic mass is 10.0. The Morgan fingerprint density at radius 1 is 1.37 bits per heavy atom. The molecule has 1 atom stereocenters. The lowest BCUT2D eigenvalue weighted by Crippen LogP contribution is -2.42. The van der Waals surface area contributed by atoms with Gasteiger partial charge in [-0.3, -0.25) is 4.79 Å². The van der Waals surface area contributed by atoms with Crippen molar-refractivity contribution in [2.24, 2.45) is 0 Å². The van der Waals surface area contributed by atoms with Gasteiger partial charge in [0, 0.05) is 17.6 Å². The minimum absolute atomic E-state index is 0.0616. The van der Waals surface area contributed by atoms with Crippen molar-refractivity contribution >= 4 is 29.1 Å². The lowest BCUT2D eigenvalue weighted by molar-refractivity contribution is 0.0632. The van der Waals surface area contributed by atoms with Gasteiger partial charge in [0.2, 0.25) is 0 Å². The van der Waals surface area contributed by atoms with E-state index in [2.05, 4.69) is 6.92 Å². The molecule has 0 bridgehead atoms. The first-order valence-electron chi connectivity index (χ1n) is 6.38. The molecule has 0 aliphatic carbocycles. The number of carbonyl (C=O) groups excluding carboxylic acids is 1. The number of hydrogen-bond acceptors (Lipinski definition) is 2. The van der Waals surface area contributed by atoms with Crippen LogP contribution in [0.15, 0.2) is 12.1 Å². The zero-order chi connectivity index (χ0) is 14.0. The molecule has 0 saturated carbocycles. The van der Waals surface area contributed by atoms with E-state index >= 15 is 0 Å². The van der Waals surface area contributed by atoms with E-state index in [0.29, 0.717) is 21.4 Å². The highest BCUT2D eigenvalue weighted by atomic mass is 35.5. The third-order valence-corrected chi connectivity index (χ3v) is 4.01. The van der Waals surface area contributed by atoms with Crippen molar-refractivity contribution in [1.82, 2.24) is 4.90 Å². The first kappa shape index (κ1) is 14.5. The monoisotopic (exact) mass is 301 g/mol. The number of amides is 1. The van der Waals surface area contributed by atoms with Gasteiger partial charge in [-0.15, -0.1) is 0 Å². The third kappa shape index (κ3) is 2.98. The molecule has 1 unspecified atom stereocenters. The minimum Gasteiger partial charge on any atom is -0.494 e. The van der Waals surface area contributed by atoms with Crippen LogP contribution in [0.1, 0.15) is 36.5 Å². The van der Waals surface area contributed by atoms with Gasteiger partial charge in [-0.2, -0.15) is 0 Å². The summed E-state index contributed by atoms with van der Waals surface area (Å²) in [4.78, 5) is 14.5. The molecule has 1 amide bonds. The number of hydrogen-bond donors (Lipinski definition) is 0. The summed E-state index contributed by atoms with van der Waals surface area (Å²) in [5.41, 5.74) is 0.439. The van der Waals surface area contributed by atoms with E-state index in [0.717, 1.165) is 19.4 Å².